The van der Waals surface area contributed by atoms with Crippen molar-refractivity contribution in [1.29, 1.82) is 0 Å². The van der Waals surface area contributed by atoms with Crippen LogP contribution in [-0.4, -0.2) is 39.1 Å². The topological polar surface area (TPSA) is 122 Å². The van der Waals surface area contributed by atoms with Gasteiger partial charge in [-0.3, -0.25) is 9.36 Å². The highest BCUT2D eigenvalue weighted by molar-refractivity contribution is 5.98. The molecule has 1 aromatic carbocycles. The molecular weight excluding hydrogens is 487 g/mol. The van der Waals surface area contributed by atoms with Crippen LogP contribution in [0.2, 0.25) is 0 Å². The minimum Gasteiger partial charge on any atom is -0.383 e. The lowest BCUT2D eigenvalue weighted by molar-refractivity contribution is 0.0566. The third kappa shape index (κ3) is 3.81. The first-order valence-electron chi connectivity index (χ1n) is 11.9. The molecule has 0 bridgehead atoms. The summed E-state index contributed by atoms with van der Waals surface area (Å²) in [5, 5.41) is 8.74. The van der Waals surface area contributed by atoms with E-state index >= 15 is 0 Å². The zero-order valence-corrected chi connectivity index (χ0v) is 19.7. The summed E-state index contributed by atoms with van der Waals surface area (Å²) in [6.45, 7) is -0.509. The molecule has 4 heterocycles. The highest BCUT2D eigenvalue weighted by atomic mass is 19.3. The number of benzene rings is 1. The van der Waals surface area contributed by atoms with E-state index in [0.717, 1.165) is 12.8 Å². The van der Waals surface area contributed by atoms with Crippen LogP contribution in [0.1, 0.15) is 44.6 Å². The highest BCUT2D eigenvalue weighted by Gasteiger charge is 2.30. The predicted molar refractivity (Wildman–Crippen MR) is 129 cm³/mol. The number of nitrogens with two attached hydrogens (primary N) is 1. The van der Waals surface area contributed by atoms with Gasteiger partial charge in [-0.15, -0.1) is 0 Å². The van der Waals surface area contributed by atoms with Gasteiger partial charge < -0.3 is 5.73 Å². The molecule has 1 aliphatic carbocycles. The van der Waals surface area contributed by atoms with Crippen LogP contribution in [0.4, 0.5) is 19.0 Å². The molecule has 0 spiro atoms. The second-order valence-electron chi connectivity index (χ2n) is 9.12. The molecule has 0 unspecified atom stereocenters. The maximum Gasteiger partial charge on any atom is 0.333 e. The van der Waals surface area contributed by atoms with Gasteiger partial charge in [-0.25, -0.2) is 28.7 Å². The zero-order chi connectivity index (χ0) is 25.8. The Morgan fingerprint density at radius 3 is 2.70 bits per heavy atom. The van der Waals surface area contributed by atoms with Crippen LogP contribution in [-0.2, 0) is 6.54 Å². The van der Waals surface area contributed by atoms with Crippen molar-refractivity contribution in [3.63, 3.8) is 0 Å². The first kappa shape index (κ1) is 23.1. The summed E-state index contributed by atoms with van der Waals surface area (Å²) in [7, 11) is 0. The Hall–Kier alpha value is -4.29. The molecule has 0 amide bonds. The number of nitrogens with zero attached hydrogens (tertiary/aromatic N) is 8. The van der Waals surface area contributed by atoms with E-state index in [4.69, 9.17) is 15.8 Å². The molecule has 0 saturated heterocycles. The van der Waals surface area contributed by atoms with Crippen molar-refractivity contribution in [2.24, 2.45) is 5.92 Å². The average Bonchev–Trinajstić information content (AvgIpc) is 3.40. The molecule has 13 heteroatoms. The van der Waals surface area contributed by atoms with Gasteiger partial charge in [-0.2, -0.15) is 19.0 Å². The highest BCUT2D eigenvalue weighted by Crippen LogP contribution is 2.35. The lowest BCUT2D eigenvalue weighted by atomic mass is 10.1. The fourth-order valence-electron chi connectivity index (χ4n) is 4.68. The van der Waals surface area contributed by atoms with E-state index in [0.29, 0.717) is 46.0 Å². The summed E-state index contributed by atoms with van der Waals surface area (Å²) < 4.78 is 44.7. The van der Waals surface area contributed by atoms with E-state index in [1.165, 1.54) is 35.4 Å². The molecule has 0 aliphatic heterocycles. The van der Waals surface area contributed by atoms with Gasteiger partial charge in [0.15, 0.2) is 5.65 Å². The van der Waals surface area contributed by atoms with Crippen LogP contribution in [0.15, 0.2) is 41.7 Å². The van der Waals surface area contributed by atoms with Crippen LogP contribution in [0, 0.1) is 11.7 Å². The zero-order valence-electron chi connectivity index (χ0n) is 19.7. The van der Waals surface area contributed by atoms with Gasteiger partial charge >= 0.3 is 6.55 Å². The third-order valence-corrected chi connectivity index (χ3v) is 6.67. The molecule has 1 saturated carbocycles. The number of nitrogen functional groups attached to an aromatic ring is 1. The standard InChI is InChI=1S/C24H22F3N9O/c1-2-16(21-32-15-5-3-4-14(25)17(15)23(37)34(21)9-12-6-7-12)36-22-18(20(28)29-11-30-22)19(33-36)13-8-31-35(10-13)24(26)27/h3-5,8,10-12,16,24H,2,6-7,9H2,1H3,(H2,28,29,30)/t16-/m0/s1. The number of hydrogen-bond donors (Lipinski definition) is 1. The number of aromatic nitrogens is 8. The molecule has 2 N–H and O–H groups in total. The molecule has 5 aromatic rings. The Balaban J connectivity index is 1.60. The average molecular weight is 509 g/mol. The monoisotopic (exact) mass is 509 g/mol. The second kappa shape index (κ2) is 8.68. The van der Waals surface area contributed by atoms with Crippen molar-refractivity contribution >= 4 is 27.8 Å². The number of alkyl halides is 2. The number of anilines is 1. The quantitative estimate of drug-likeness (QED) is 0.353. The Kier molecular flexibility index (Phi) is 5.42. The molecule has 37 heavy (non-hydrogen) atoms. The molecule has 10 nitrogen and oxygen atoms in total. The van der Waals surface area contributed by atoms with Crippen LogP contribution >= 0.6 is 0 Å². The maximum absolute atomic E-state index is 14.7. The summed E-state index contributed by atoms with van der Waals surface area (Å²) >= 11 is 0. The molecule has 190 valence electrons. The van der Waals surface area contributed by atoms with Crippen LogP contribution in [0.25, 0.3) is 33.2 Å². The number of hydrogen-bond acceptors (Lipinski definition) is 7. The predicted octanol–water partition coefficient (Wildman–Crippen LogP) is 3.93. The van der Waals surface area contributed by atoms with Gasteiger partial charge in [0.2, 0.25) is 0 Å². The van der Waals surface area contributed by atoms with Crippen molar-refractivity contribution < 1.29 is 13.2 Å². The van der Waals surface area contributed by atoms with Gasteiger partial charge in [-0.05, 0) is 37.3 Å². The summed E-state index contributed by atoms with van der Waals surface area (Å²) in [6.07, 6.45) is 6.13. The Morgan fingerprint density at radius 1 is 1.19 bits per heavy atom. The van der Waals surface area contributed by atoms with Crippen molar-refractivity contribution in [3.05, 3.63) is 58.9 Å². The Bertz CT molecular complexity index is 1700. The number of fused-ring (bicyclic) bond motifs is 2. The first-order valence-corrected chi connectivity index (χ1v) is 11.9. The Morgan fingerprint density at radius 2 is 2.00 bits per heavy atom. The van der Waals surface area contributed by atoms with E-state index in [9.17, 15) is 18.0 Å². The van der Waals surface area contributed by atoms with E-state index < -0.39 is 24.0 Å². The summed E-state index contributed by atoms with van der Waals surface area (Å²) in [4.78, 5) is 26.7. The molecule has 1 aliphatic rings. The van der Waals surface area contributed by atoms with Gasteiger partial charge in [-0.1, -0.05) is 13.0 Å². The van der Waals surface area contributed by atoms with Gasteiger partial charge in [0.1, 0.15) is 40.9 Å². The fourth-order valence-corrected chi connectivity index (χ4v) is 4.68. The first-order chi connectivity index (χ1) is 17.9. The van der Waals surface area contributed by atoms with Gasteiger partial charge in [0.05, 0.1) is 17.1 Å². The molecule has 0 radical (unpaired) electrons. The third-order valence-electron chi connectivity index (χ3n) is 6.67. The van der Waals surface area contributed by atoms with Crippen molar-refractivity contribution in [3.8, 4) is 11.3 Å². The minimum absolute atomic E-state index is 0.0567. The SMILES string of the molecule is CC[C@@H](c1nc2cccc(F)c2c(=O)n1CC1CC1)n1nc(-c2cnn(C(F)F)c2)c2c(N)ncnc21. The van der Waals surface area contributed by atoms with Gasteiger partial charge in [0, 0.05) is 18.3 Å². The van der Waals surface area contributed by atoms with Crippen molar-refractivity contribution in [2.45, 2.75) is 45.3 Å². The molecular formula is C24H22F3N9O. The second-order valence-corrected chi connectivity index (χ2v) is 9.12. The lowest BCUT2D eigenvalue weighted by Crippen LogP contribution is -2.30. The number of rotatable bonds is 7. The van der Waals surface area contributed by atoms with E-state index in [-0.39, 0.29) is 22.4 Å². The molecule has 1 atom stereocenters. The number of halogens is 3. The molecule has 1 fully saturated rings. The maximum atomic E-state index is 14.7. The van der Waals surface area contributed by atoms with E-state index in [1.807, 2.05) is 6.92 Å². The smallest absolute Gasteiger partial charge is 0.333 e. The summed E-state index contributed by atoms with van der Waals surface area (Å²) in [5.41, 5.74) is 6.92. The van der Waals surface area contributed by atoms with Crippen LogP contribution < -0.4 is 11.3 Å². The van der Waals surface area contributed by atoms with Crippen LogP contribution in [0.5, 0.6) is 0 Å². The largest absolute Gasteiger partial charge is 0.383 e. The minimum atomic E-state index is -2.82. The molecule has 4 aromatic heterocycles. The van der Waals surface area contributed by atoms with E-state index in [1.54, 1.807) is 10.7 Å². The summed E-state index contributed by atoms with van der Waals surface area (Å²) in [6, 6.07) is 3.77. The van der Waals surface area contributed by atoms with Crippen molar-refractivity contribution in [1.82, 2.24) is 39.1 Å². The van der Waals surface area contributed by atoms with Crippen molar-refractivity contribution in [2.75, 3.05) is 5.73 Å². The Labute approximate surface area is 207 Å². The van der Waals surface area contributed by atoms with E-state index in [2.05, 4.69) is 15.1 Å². The lowest BCUT2D eigenvalue weighted by Gasteiger charge is -2.21. The fraction of sp³-hybridized carbons (Fsp3) is 0.333. The normalized spacial score (nSPS) is 14.7. The van der Waals surface area contributed by atoms with Gasteiger partial charge in [0.25, 0.3) is 5.56 Å². The van der Waals surface area contributed by atoms with Crippen LogP contribution in [0.3, 0.4) is 0 Å². The summed E-state index contributed by atoms with van der Waals surface area (Å²) in [5.74, 6) is 0.217. The molecule has 6 rings (SSSR count).